The molecule has 0 saturated carbocycles. The van der Waals surface area contributed by atoms with Gasteiger partial charge in [-0.3, -0.25) is 0 Å². The number of nitrogens with zero attached hydrogens (tertiary/aromatic N) is 2. The van der Waals surface area contributed by atoms with Crippen molar-refractivity contribution in [3.05, 3.63) is 58.4 Å². The zero-order valence-corrected chi connectivity index (χ0v) is 18.6. The second kappa shape index (κ2) is 9.76. The van der Waals surface area contributed by atoms with Crippen LogP contribution in [0.3, 0.4) is 0 Å². The molecular formula is C23H17F6N3O5. The van der Waals surface area contributed by atoms with E-state index in [9.17, 15) is 31.1 Å². The summed E-state index contributed by atoms with van der Waals surface area (Å²) in [6.45, 7) is 3.44. The first-order chi connectivity index (χ1) is 17.3. The third kappa shape index (κ3) is 5.69. The van der Waals surface area contributed by atoms with Gasteiger partial charge in [-0.1, -0.05) is 6.07 Å². The van der Waals surface area contributed by atoms with Crippen molar-refractivity contribution in [3.8, 4) is 11.5 Å². The highest BCUT2D eigenvalue weighted by molar-refractivity contribution is 5.85. The molecule has 1 aliphatic rings. The van der Waals surface area contributed by atoms with E-state index >= 15 is 0 Å². The number of alkyl halides is 6. The Hall–Kier alpha value is -4.07. The molecule has 14 heteroatoms. The predicted molar refractivity (Wildman–Crippen MR) is 119 cm³/mol. The average molecular weight is 529 g/mol. The fraction of sp³-hybridized carbons (Fsp3) is 0.261. The van der Waals surface area contributed by atoms with Crippen LogP contribution < -0.4 is 15.8 Å². The number of hydrogen-bond acceptors (Lipinski definition) is 7. The van der Waals surface area contributed by atoms with Crippen molar-refractivity contribution in [2.24, 2.45) is 0 Å². The molecule has 0 unspecified atom stereocenters. The van der Waals surface area contributed by atoms with Crippen LogP contribution in [0.4, 0.5) is 32.0 Å². The number of piperazine rings is 1. The van der Waals surface area contributed by atoms with Crippen LogP contribution in [0.2, 0.25) is 0 Å². The molecule has 5 rings (SSSR count). The van der Waals surface area contributed by atoms with E-state index in [1.54, 1.807) is 6.07 Å². The van der Waals surface area contributed by atoms with Gasteiger partial charge in [-0.05, 0) is 30.3 Å². The van der Waals surface area contributed by atoms with Gasteiger partial charge in [0.1, 0.15) is 16.7 Å². The van der Waals surface area contributed by atoms with Gasteiger partial charge in [0, 0.05) is 43.3 Å². The molecule has 1 fully saturated rings. The van der Waals surface area contributed by atoms with Gasteiger partial charge in [-0.2, -0.15) is 26.3 Å². The lowest BCUT2D eigenvalue weighted by atomic mass is 10.1. The van der Waals surface area contributed by atoms with Crippen LogP contribution in [0.25, 0.3) is 33.5 Å². The zero-order chi connectivity index (χ0) is 27.0. The standard InChI is InChI=1S/C21H16F3N3O3.C2HF3O2/c22-21(23,24)15-2-1-3-16-18(15)26-19(29-16)14-10-12-4-5-13(11-17(12)30-20(14)28)27-8-6-25-7-9-27;3-2(4,5)1(6)7/h1-5,10-11,25H,6-9H2;(H,6,7). The van der Waals surface area contributed by atoms with Gasteiger partial charge >= 0.3 is 23.9 Å². The number of nitrogens with one attached hydrogen (secondary N) is 1. The maximum Gasteiger partial charge on any atom is 0.490 e. The predicted octanol–water partition coefficient (Wildman–Crippen LogP) is 4.66. The molecule has 0 amide bonds. The van der Waals surface area contributed by atoms with Gasteiger partial charge in [-0.25, -0.2) is 14.6 Å². The second-order valence-corrected chi connectivity index (χ2v) is 7.88. The van der Waals surface area contributed by atoms with Gasteiger partial charge in [0.2, 0.25) is 5.89 Å². The molecule has 4 aromatic rings. The van der Waals surface area contributed by atoms with Crippen LogP contribution in [-0.4, -0.2) is 48.4 Å². The maximum atomic E-state index is 13.2. The van der Waals surface area contributed by atoms with Crippen LogP contribution in [0.5, 0.6) is 0 Å². The first-order valence-electron chi connectivity index (χ1n) is 10.7. The summed E-state index contributed by atoms with van der Waals surface area (Å²) in [6, 6.07) is 10.6. The molecule has 2 aromatic carbocycles. The van der Waals surface area contributed by atoms with E-state index in [-0.39, 0.29) is 22.6 Å². The van der Waals surface area contributed by atoms with E-state index in [0.717, 1.165) is 37.9 Å². The van der Waals surface area contributed by atoms with E-state index in [4.69, 9.17) is 18.7 Å². The van der Waals surface area contributed by atoms with Crippen molar-refractivity contribution in [2.75, 3.05) is 31.1 Å². The summed E-state index contributed by atoms with van der Waals surface area (Å²) < 4.78 is 82.4. The smallest absolute Gasteiger partial charge is 0.475 e. The number of hydrogen-bond donors (Lipinski definition) is 2. The number of carbonyl (C=O) groups is 1. The highest BCUT2D eigenvalue weighted by atomic mass is 19.4. The molecule has 196 valence electrons. The van der Waals surface area contributed by atoms with Gasteiger partial charge in [0.25, 0.3) is 0 Å². The first kappa shape index (κ1) is 26.0. The molecule has 8 nitrogen and oxygen atoms in total. The molecule has 0 aliphatic carbocycles. The third-order valence-corrected chi connectivity index (χ3v) is 5.40. The lowest BCUT2D eigenvalue weighted by Crippen LogP contribution is -2.43. The minimum absolute atomic E-state index is 0.0262. The van der Waals surface area contributed by atoms with Crippen LogP contribution in [-0.2, 0) is 11.0 Å². The Bertz CT molecular complexity index is 1500. The molecule has 0 radical (unpaired) electrons. The lowest BCUT2D eigenvalue weighted by molar-refractivity contribution is -0.192. The number of para-hydroxylation sites is 1. The lowest BCUT2D eigenvalue weighted by Gasteiger charge is -2.29. The van der Waals surface area contributed by atoms with Crippen LogP contribution >= 0.6 is 0 Å². The van der Waals surface area contributed by atoms with Crippen LogP contribution in [0.1, 0.15) is 5.56 Å². The number of fused-ring (bicyclic) bond motifs is 2. The minimum Gasteiger partial charge on any atom is -0.475 e. The highest BCUT2D eigenvalue weighted by Crippen LogP contribution is 2.36. The van der Waals surface area contributed by atoms with Crippen molar-refractivity contribution >= 4 is 33.7 Å². The molecule has 37 heavy (non-hydrogen) atoms. The summed E-state index contributed by atoms with van der Waals surface area (Å²) >= 11 is 0. The summed E-state index contributed by atoms with van der Waals surface area (Å²) in [5.41, 5.74) is -0.715. The Morgan fingerprint density at radius 2 is 1.65 bits per heavy atom. The van der Waals surface area contributed by atoms with E-state index in [2.05, 4.69) is 15.2 Å². The van der Waals surface area contributed by atoms with Crippen molar-refractivity contribution in [1.29, 1.82) is 0 Å². The van der Waals surface area contributed by atoms with E-state index in [1.807, 2.05) is 12.1 Å². The van der Waals surface area contributed by atoms with E-state index < -0.39 is 29.5 Å². The molecule has 2 N–H and O–H groups in total. The summed E-state index contributed by atoms with van der Waals surface area (Å²) in [7, 11) is 0. The maximum absolute atomic E-state index is 13.2. The summed E-state index contributed by atoms with van der Waals surface area (Å²) in [4.78, 5) is 27.6. The molecule has 0 bridgehead atoms. The molecular weight excluding hydrogens is 512 g/mol. The number of aromatic nitrogens is 1. The molecule has 3 heterocycles. The number of benzene rings is 2. The third-order valence-electron chi connectivity index (χ3n) is 5.40. The monoisotopic (exact) mass is 529 g/mol. The number of halogens is 6. The Morgan fingerprint density at radius 3 is 2.27 bits per heavy atom. The number of oxazole rings is 1. The SMILES string of the molecule is O=C(O)C(F)(F)F.O=c1oc2cc(N3CCNCC3)ccc2cc1-c1nc2c(C(F)(F)F)cccc2o1. The zero-order valence-electron chi connectivity index (χ0n) is 18.6. The van der Waals surface area contributed by atoms with Crippen molar-refractivity contribution in [1.82, 2.24) is 10.3 Å². The van der Waals surface area contributed by atoms with Gasteiger partial charge in [-0.15, -0.1) is 0 Å². The normalized spacial score (nSPS) is 14.5. The number of rotatable bonds is 2. The Kier molecular flexibility index (Phi) is 6.86. The van der Waals surface area contributed by atoms with Gasteiger partial charge < -0.3 is 24.2 Å². The van der Waals surface area contributed by atoms with Gasteiger partial charge in [0.15, 0.2) is 5.58 Å². The van der Waals surface area contributed by atoms with Crippen LogP contribution in [0.15, 0.2) is 56.1 Å². The fourth-order valence-corrected chi connectivity index (χ4v) is 3.66. The topological polar surface area (TPSA) is 109 Å². The number of anilines is 1. The number of aliphatic carboxylic acids is 1. The Morgan fingerprint density at radius 1 is 0.973 bits per heavy atom. The number of carboxylic acid groups (broad SMARTS) is 1. The first-order valence-corrected chi connectivity index (χ1v) is 10.7. The molecule has 0 atom stereocenters. The summed E-state index contributed by atoms with van der Waals surface area (Å²) in [5.74, 6) is -2.96. The Labute approximate surface area is 203 Å². The molecule has 2 aromatic heterocycles. The fourth-order valence-electron chi connectivity index (χ4n) is 3.66. The van der Waals surface area contributed by atoms with Crippen molar-refractivity contribution < 1.29 is 45.1 Å². The Balaban J connectivity index is 0.000000405. The van der Waals surface area contributed by atoms with Crippen molar-refractivity contribution in [3.63, 3.8) is 0 Å². The quantitative estimate of drug-likeness (QED) is 0.285. The largest absolute Gasteiger partial charge is 0.490 e. The second-order valence-electron chi connectivity index (χ2n) is 7.88. The van der Waals surface area contributed by atoms with Crippen LogP contribution in [0, 0.1) is 0 Å². The summed E-state index contributed by atoms with van der Waals surface area (Å²) in [5, 5.41) is 11.0. The van der Waals surface area contributed by atoms with E-state index in [0.29, 0.717) is 11.0 Å². The highest BCUT2D eigenvalue weighted by Gasteiger charge is 2.38. The minimum atomic E-state index is -5.08. The molecule has 0 spiro atoms. The molecule has 1 aliphatic heterocycles. The van der Waals surface area contributed by atoms with Crippen molar-refractivity contribution in [2.45, 2.75) is 12.4 Å². The van der Waals surface area contributed by atoms with Gasteiger partial charge in [0.05, 0.1) is 5.56 Å². The summed E-state index contributed by atoms with van der Waals surface area (Å²) in [6.07, 6.45) is -9.66. The average Bonchev–Trinajstić information content (AvgIpc) is 3.27. The number of carboxylic acids is 1. The van der Waals surface area contributed by atoms with E-state index in [1.165, 1.54) is 18.2 Å². The molecule has 1 saturated heterocycles.